The van der Waals surface area contributed by atoms with Crippen LogP contribution < -0.4 is 0 Å². The van der Waals surface area contributed by atoms with Crippen molar-refractivity contribution in [3.63, 3.8) is 0 Å². The van der Waals surface area contributed by atoms with Gasteiger partial charge in [0.15, 0.2) is 17.5 Å². The Morgan fingerprint density at radius 1 is 0.362 bits per heavy atom. The van der Waals surface area contributed by atoms with Crippen LogP contribution in [0.5, 0.6) is 0 Å². The van der Waals surface area contributed by atoms with E-state index in [4.69, 9.17) is 19.4 Å². The summed E-state index contributed by atoms with van der Waals surface area (Å²) in [6.45, 7) is 4.33. The number of fused-ring (bicyclic) bond motifs is 6. The Kier molecular flexibility index (Phi) is 7.86. The van der Waals surface area contributed by atoms with Crippen molar-refractivity contribution in [1.82, 2.24) is 19.5 Å². The first-order valence-corrected chi connectivity index (χ1v) is 19.6. The van der Waals surface area contributed by atoms with E-state index in [0.717, 1.165) is 77.6 Å². The second kappa shape index (κ2) is 13.5. The van der Waals surface area contributed by atoms with Gasteiger partial charge in [-0.3, -0.25) is 0 Å². The molecule has 0 N–H and O–H groups in total. The van der Waals surface area contributed by atoms with Gasteiger partial charge in [0, 0.05) is 49.4 Å². The zero-order valence-corrected chi connectivity index (χ0v) is 32.0. The van der Waals surface area contributed by atoms with Crippen LogP contribution >= 0.6 is 0 Å². The van der Waals surface area contributed by atoms with Gasteiger partial charge >= 0.3 is 0 Å². The van der Waals surface area contributed by atoms with Gasteiger partial charge in [-0.05, 0) is 79.6 Å². The third kappa shape index (κ3) is 5.67. The van der Waals surface area contributed by atoms with E-state index in [1.165, 1.54) is 21.9 Å². The molecule has 0 aliphatic rings. The van der Waals surface area contributed by atoms with Crippen LogP contribution in [0.15, 0.2) is 186 Å². The summed E-state index contributed by atoms with van der Waals surface area (Å²) in [5.74, 6) is 1.76. The zero-order valence-electron chi connectivity index (χ0n) is 32.0. The van der Waals surface area contributed by atoms with Crippen LogP contribution in [0, 0.1) is 13.8 Å². The first-order valence-electron chi connectivity index (χ1n) is 19.6. The maximum Gasteiger partial charge on any atom is 0.164 e. The minimum Gasteiger partial charge on any atom is -0.456 e. The standard InChI is InChI=1S/C53H36N4O/c1-33-22-26-46-44(28-33)45-29-34(2)23-27-47(45)57(46)50-42(35-14-6-3-7-15-35)30-39(31-43(50)36-16-8-4-9-17-36)53-55-51(37-18-10-5-11-19-37)54-52(56-53)38-24-25-41-40-20-12-13-21-48(40)58-49(41)32-38/h3-32H,1-2H3. The zero-order chi connectivity index (χ0) is 38.7. The summed E-state index contributed by atoms with van der Waals surface area (Å²) in [4.78, 5) is 15.6. The van der Waals surface area contributed by atoms with Gasteiger partial charge in [0.1, 0.15) is 11.2 Å². The van der Waals surface area contributed by atoms with Crippen molar-refractivity contribution < 1.29 is 4.42 Å². The largest absolute Gasteiger partial charge is 0.456 e. The molecule has 0 fully saturated rings. The monoisotopic (exact) mass is 744 g/mol. The summed E-state index contributed by atoms with van der Waals surface area (Å²) >= 11 is 0. The van der Waals surface area contributed by atoms with Gasteiger partial charge in [0.2, 0.25) is 0 Å². The van der Waals surface area contributed by atoms with Gasteiger partial charge in [-0.2, -0.15) is 0 Å². The fourth-order valence-corrected chi connectivity index (χ4v) is 8.39. The lowest BCUT2D eigenvalue weighted by molar-refractivity contribution is 0.669. The van der Waals surface area contributed by atoms with Gasteiger partial charge in [-0.15, -0.1) is 0 Å². The van der Waals surface area contributed by atoms with Crippen LogP contribution in [0.2, 0.25) is 0 Å². The molecule has 5 heteroatoms. The van der Waals surface area contributed by atoms with Crippen molar-refractivity contribution in [3.05, 3.63) is 193 Å². The van der Waals surface area contributed by atoms with Gasteiger partial charge in [0.25, 0.3) is 0 Å². The molecule has 11 aromatic rings. The molecule has 3 aromatic heterocycles. The number of furan rings is 1. The average Bonchev–Trinajstić information content (AvgIpc) is 3.81. The van der Waals surface area contributed by atoms with E-state index in [9.17, 15) is 0 Å². The van der Waals surface area contributed by atoms with Gasteiger partial charge in [-0.1, -0.05) is 139 Å². The maximum absolute atomic E-state index is 6.32. The summed E-state index contributed by atoms with van der Waals surface area (Å²) in [6, 6.07) is 63.9. The molecule has 0 aliphatic carbocycles. The summed E-state index contributed by atoms with van der Waals surface area (Å²) in [7, 11) is 0. The summed E-state index contributed by atoms with van der Waals surface area (Å²) in [5.41, 5.74) is 14.5. The summed E-state index contributed by atoms with van der Waals surface area (Å²) in [6.07, 6.45) is 0. The van der Waals surface area contributed by atoms with E-state index in [1.807, 2.05) is 54.6 Å². The predicted molar refractivity (Wildman–Crippen MR) is 238 cm³/mol. The van der Waals surface area contributed by atoms with Crippen molar-refractivity contribution in [3.8, 4) is 62.1 Å². The first-order chi connectivity index (χ1) is 28.6. The third-order valence-electron chi connectivity index (χ3n) is 11.1. The van der Waals surface area contributed by atoms with Crippen LogP contribution in [0.1, 0.15) is 11.1 Å². The molecule has 5 nitrogen and oxygen atoms in total. The van der Waals surface area contributed by atoms with E-state index in [0.29, 0.717) is 17.5 Å². The quantitative estimate of drug-likeness (QED) is 0.170. The lowest BCUT2D eigenvalue weighted by atomic mass is 9.92. The molecule has 0 unspecified atom stereocenters. The molecule has 3 heterocycles. The number of benzene rings is 8. The van der Waals surface area contributed by atoms with Gasteiger partial charge in [0.05, 0.1) is 16.7 Å². The van der Waals surface area contributed by atoms with Crippen LogP contribution in [0.3, 0.4) is 0 Å². The Bertz CT molecular complexity index is 3230. The van der Waals surface area contributed by atoms with E-state index in [2.05, 4.69) is 146 Å². The van der Waals surface area contributed by atoms with Crippen LogP contribution in [-0.2, 0) is 0 Å². The molecule has 0 radical (unpaired) electrons. The normalized spacial score (nSPS) is 11.6. The van der Waals surface area contributed by atoms with Crippen LogP contribution in [0.4, 0.5) is 0 Å². The molecule has 0 aliphatic heterocycles. The van der Waals surface area contributed by atoms with E-state index in [1.54, 1.807) is 0 Å². The highest BCUT2D eigenvalue weighted by atomic mass is 16.3. The number of aromatic nitrogens is 4. The van der Waals surface area contributed by atoms with Crippen molar-refractivity contribution in [1.29, 1.82) is 0 Å². The molecular formula is C53H36N4O. The minimum absolute atomic E-state index is 0.575. The smallest absolute Gasteiger partial charge is 0.164 e. The average molecular weight is 745 g/mol. The van der Waals surface area contributed by atoms with Crippen molar-refractivity contribution in [2.75, 3.05) is 0 Å². The van der Waals surface area contributed by atoms with Crippen LogP contribution in [0.25, 0.3) is 106 Å². The van der Waals surface area contributed by atoms with E-state index in [-0.39, 0.29) is 0 Å². The number of nitrogens with zero attached hydrogens (tertiary/aromatic N) is 4. The molecule has 11 rings (SSSR count). The Morgan fingerprint density at radius 3 is 1.43 bits per heavy atom. The number of para-hydroxylation sites is 1. The van der Waals surface area contributed by atoms with Crippen molar-refractivity contribution in [2.45, 2.75) is 13.8 Å². The Morgan fingerprint density at radius 2 is 0.845 bits per heavy atom. The van der Waals surface area contributed by atoms with Crippen molar-refractivity contribution in [2.24, 2.45) is 0 Å². The second-order valence-electron chi connectivity index (χ2n) is 15.0. The molecule has 0 saturated heterocycles. The highest BCUT2D eigenvalue weighted by Gasteiger charge is 2.23. The second-order valence-corrected chi connectivity index (χ2v) is 15.0. The molecular weight excluding hydrogens is 709 g/mol. The number of hydrogen-bond acceptors (Lipinski definition) is 4. The Balaban J connectivity index is 1.22. The molecule has 274 valence electrons. The molecule has 0 atom stereocenters. The SMILES string of the molecule is Cc1ccc2c(c1)c1cc(C)ccc1n2-c1c(-c2ccccc2)cc(-c2nc(-c3ccccc3)nc(-c3ccc4c(c3)oc3ccccc34)n2)cc1-c1ccccc1. The van der Waals surface area contributed by atoms with E-state index < -0.39 is 0 Å². The number of aryl methyl sites for hydroxylation is 2. The summed E-state index contributed by atoms with van der Waals surface area (Å²) in [5, 5.41) is 4.61. The highest BCUT2D eigenvalue weighted by Crippen LogP contribution is 2.44. The third-order valence-corrected chi connectivity index (χ3v) is 11.1. The van der Waals surface area contributed by atoms with E-state index >= 15 is 0 Å². The molecule has 0 spiro atoms. The Hall–Kier alpha value is -7.63. The molecule has 0 bridgehead atoms. The molecule has 0 saturated carbocycles. The fourth-order valence-electron chi connectivity index (χ4n) is 8.39. The van der Waals surface area contributed by atoms with Crippen molar-refractivity contribution >= 4 is 43.7 Å². The topological polar surface area (TPSA) is 56.7 Å². The molecule has 8 aromatic carbocycles. The first kappa shape index (κ1) is 33.7. The number of rotatable bonds is 6. The highest BCUT2D eigenvalue weighted by molar-refractivity contribution is 6.11. The van der Waals surface area contributed by atoms with Gasteiger partial charge in [-0.25, -0.2) is 15.0 Å². The fraction of sp³-hybridized carbons (Fsp3) is 0.0377. The maximum atomic E-state index is 6.32. The molecule has 0 amide bonds. The Labute approximate surface area is 335 Å². The lowest BCUT2D eigenvalue weighted by Gasteiger charge is -2.21. The van der Waals surface area contributed by atoms with Gasteiger partial charge < -0.3 is 8.98 Å². The predicted octanol–water partition coefficient (Wildman–Crippen LogP) is 13.8. The summed E-state index contributed by atoms with van der Waals surface area (Å²) < 4.78 is 8.78. The number of hydrogen-bond donors (Lipinski definition) is 0. The van der Waals surface area contributed by atoms with Crippen LogP contribution in [-0.4, -0.2) is 19.5 Å². The lowest BCUT2D eigenvalue weighted by Crippen LogP contribution is -2.04. The minimum atomic E-state index is 0.575. The molecule has 58 heavy (non-hydrogen) atoms.